The van der Waals surface area contributed by atoms with E-state index in [1.54, 1.807) is 12.3 Å². The Morgan fingerprint density at radius 3 is 2.62 bits per heavy atom. The summed E-state index contributed by atoms with van der Waals surface area (Å²) in [5.41, 5.74) is 3.18. The Morgan fingerprint density at radius 1 is 1.29 bits per heavy atom. The van der Waals surface area contributed by atoms with Gasteiger partial charge in [0.2, 0.25) is 5.88 Å². The molecule has 0 fully saturated rings. The lowest BCUT2D eigenvalue weighted by Gasteiger charge is -2.24. The largest absolute Gasteiger partial charge is 0.473 e. The van der Waals surface area contributed by atoms with Crippen LogP contribution in [0.5, 0.6) is 5.88 Å². The van der Waals surface area contributed by atoms with Crippen LogP contribution in [-0.4, -0.2) is 23.1 Å². The number of anilines is 1. The van der Waals surface area contributed by atoms with Crippen molar-refractivity contribution in [2.45, 2.75) is 20.5 Å². The van der Waals surface area contributed by atoms with Crippen molar-refractivity contribution in [2.24, 2.45) is 11.7 Å². The molecule has 2 rings (SSSR count). The van der Waals surface area contributed by atoms with Gasteiger partial charge >= 0.3 is 6.03 Å². The summed E-state index contributed by atoms with van der Waals surface area (Å²) in [5.74, 6) is 11.9. The highest BCUT2D eigenvalue weighted by Gasteiger charge is 2.19. The third-order valence-corrected chi connectivity index (χ3v) is 3.94. The molecule has 2 aromatic rings. The van der Waals surface area contributed by atoms with Gasteiger partial charge in [0.15, 0.2) is 0 Å². The van der Waals surface area contributed by atoms with Gasteiger partial charge in [0.25, 0.3) is 0 Å². The first-order valence-corrected chi connectivity index (χ1v) is 8.01. The van der Waals surface area contributed by atoms with Crippen LogP contribution in [0.1, 0.15) is 16.7 Å². The highest BCUT2D eigenvalue weighted by molar-refractivity contribution is 9.10. The highest BCUT2D eigenvalue weighted by atomic mass is 79.9. The zero-order chi connectivity index (χ0) is 17.9. The SMILES string of the molecule is Cc1cc(Br)cnc1OCc1c(C)cccc1N(N)C(=O)N(C)N. The van der Waals surface area contributed by atoms with Gasteiger partial charge in [-0.05, 0) is 47.5 Å². The molecular formula is C16H20BrN5O2. The Bertz CT molecular complexity index is 751. The highest BCUT2D eigenvalue weighted by Crippen LogP contribution is 2.25. The molecule has 24 heavy (non-hydrogen) atoms. The van der Waals surface area contributed by atoms with Crippen LogP contribution in [0.25, 0.3) is 0 Å². The van der Waals surface area contributed by atoms with Crippen molar-refractivity contribution >= 4 is 27.6 Å². The van der Waals surface area contributed by atoms with Gasteiger partial charge in [0, 0.05) is 28.8 Å². The molecule has 2 amide bonds. The van der Waals surface area contributed by atoms with E-state index in [2.05, 4.69) is 20.9 Å². The molecule has 128 valence electrons. The molecule has 0 atom stereocenters. The van der Waals surface area contributed by atoms with Crippen LogP contribution >= 0.6 is 15.9 Å². The maximum Gasteiger partial charge on any atom is 0.352 e. The number of nitrogens with zero attached hydrogens (tertiary/aromatic N) is 3. The fourth-order valence-electron chi connectivity index (χ4n) is 2.19. The summed E-state index contributed by atoms with van der Waals surface area (Å²) in [6.07, 6.45) is 1.67. The second-order valence-corrected chi connectivity index (χ2v) is 6.32. The maximum atomic E-state index is 12.0. The number of amides is 2. The van der Waals surface area contributed by atoms with Gasteiger partial charge in [-0.1, -0.05) is 12.1 Å². The maximum absolute atomic E-state index is 12.0. The third kappa shape index (κ3) is 4.02. The van der Waals surface area contributed by atoms with Crippen LogP contribution in [0.4, 0.5) is 10.5 Å². The first-order chi connectivity index (χ1) is 11.3. The monoisotopic (exact) mass is 393 g/mol. The van der Waals surface area contributed by atoms with Gasteiger partial charge in [-0.3, -0.25) is 5.01 Å². The minimum atomic E-state index is -0.528. The molecule has 1 heterocycles. The number of pyridine rings is 1. The molecule has 0 aliphatic rings. The average molecular weight is 394 g/mol. The van der Waals surface area contributed by atoms with E-state index >= 15 is 0 Å². The number of aromatic nitrogens is 1. The number of nitrogens with two attached hydrogens (primary N) is 2. The summed E-state index contributed by atoms with van der Waals surface area (Å²) in [4.78, 5) is 16.3. The minimum Gasteiger partial charge on any atom is -0.473 e. The summed E-state index contributed by atoms with van der Waals surface area (Å²) in [6.45, 7) is 4.06. The Kier molecular flexibility index (Phi) is 5.76. The lowest BCUT2D eigenvalue weighted by atomic mass is 10.1. The number of carbonyl (C=O) groups is 1. The fraction of sp³-hybridized carbons (Fsp3) is 0.250. The molecule has 0 spiro atoms. The minimum absolute atomic E-state index is 0.229. The topological polar surface area (TPSA) is 97.7 Å². The molecule has 0 radical (unpaired) electrons. The van der Waals surface area contributed by atoms with E-state index in [0.717, 1.165) is 31.2 Å². The van der Waals surface area contributed by atoms with Crippen LogP contribution in [0, 0.1) is 13.8 Å². The number of ether oxygens (including phenoxy) is 1. The molecule has 0 unspecified atom stereocenters. The zero-order valence-corrected chi connectivity index (χ0v) is 15.4. The number of rotatable bonds is 4. The first-order valence-electron chi connectivity index (χ1n) is 7.22. The number of halogens is 1. The van der Waals surface area contributed by atoms with Gasteiger partial charge in [-0.15, -0.1) is 0 Å². The summed E-state index contributed by atoms with van der Waals surface area (Å²) >= 11 is 3.37. The van der Waals surface area contributed by atoms with Crippen molar-refractivity contribution in [3.63, 3.8) is 0 Å². The van der Waals surface area contributed by atoms with Crippen molar-refractivity contribution in [3.05, 3.63) is 51.6 Å². The smallest absolute Gasteiger partial charge is 0.352 e. The van der Waals surface area contributed by atoms with Crippen LogP contribution in [0.2, 0.25) is 0 Å². The van der Waals surface area contributed by atoms with Crippen LogP contribution in [-0.2, 0) is 6.61 Å². The second-order valence-electron chi connectivity index (χ2n) is 5.40. The fourth-order valence-corrected chi connectivity index (χ4v) is 2.64. The predicted molar refractivity (Wildman–Crippen MR) is 96.2 cm³/mol. The molecular weight excluding hydrogens is 374 g/mol. The number of hydrazine groups is 2. The molecule has 0 aliphatic carbocycles. The van der Waals surface area contributed by atoms with Crippen LogP contribution in [0.15, 0.2) is 34.9 Å². The first kappa shape index (κ1) is 18.2. The van der Waals surface area contributed by atoms with Crippen molar-refractivity contribution < 1.29 is 9.53 Å². The number of hydrogen-bond donors (Lipinski definition) is 2. The number of benzene rings is 1. The molecule has 0 aliphatic heterocycles. The van der Waals surface area contributed by atoms with E-state index in [9.17, 15) is 4.79 Å². The van der Waals surface area contributed by atoms with Gasteiger partial charge in [-0.25, -0.2) is 26.5 Å². The van der Waals surface area contributed by atoms with E-state index in [-0.39, 0.29) is 6.61 Å². The number of hydrogen-bond acceptors (Lipinski definition) is 5. The molecule has 1 aromatic carbocycles. The Balaban J connectivity index is 2.28. The average Bonchev–Trinajstić information content (AvgIpc) is 2.53. The molecule has 0 saturated heterocycles. The molecule has 0 bridgehead atoms. The molecule has 7 nitrogen and oxygen atoms in total. The van der Waals surface area contributed by atoms with Crippen LogP contribution in [0.3, 0.4) is 0 Å². The number of carbonyl (C=O) groups excluding carboxylic acids is 1. The van der Waals surface area contributed by atoms with Crippen molar-refractivity contribution in [2.75, 3.05) is 12.1 Å². The number of urea groups is 1. The molecule has 0 saturated carbocycles. The number of aryl methyl sites for hydroxylation is 2. The Labute approximate surface area is 149 Å². The lowest BCUT2D eigenvalue weighted by Crippen LogP contribution is -2.49. The van der Waals surface area contributed by atoms with E-state index in [0.29, 0.717) is 11.6 Å². The van der Waals surface area contributed by atoms with E-state index in [4.69, 9.17) is 16.4 Å². The quantitative estimate of drug-likeness (QED) is 0.472. The van der Waals surface area contributed by atoms with Gasteiger partial charge in [0.1, 0.15) is 6.61 Å². The summed E-state index contributed by atoms with van der Waals surface area (Å²) in [7, 11) is 1.43. The normalized spacial score (nSPS) is 10.4. The van der Waals surface area contributed by atoms with Crippen molar-refractivity contribution in [1.82, 2.24) is 9.99 Å². The molecule has 8 heteroatoms. The van der Waals surface area contributed by atoms with Gasteiger partial charge in [0.05, 0.1) is 5.69 Å². The standard InChI is InChI=1S/C16H20BrN5O2/c1-10-5-4-6-14(22(19)16(23)21(3)18)13(10)9-24-15-11(2)7-12(17)8-20-15/h4-8H,9,18-19H2,1-3H3. The zero-order valence-electron chi connectivity index (χ0n) is 13.8. The van der Waals surface area contributed by atoms with Crippen molar-refractivity contribution in [1.29, 1.82) is 0 Å². The molecule has 4 N–H and O–H groups in total. The Hall–Kier alpha value is -2.16. The van der Waals surface area contributed by atoms with Gasteiger partial charge < -0.3 is 4.74 Å². The van der Waals surface area contributed by atoms with Gasteiger partial charge in [-0.2, -0.15) is 0 Å². The lowest BCUT2D eigenvalue weighted by molar-refractivity contribution is 0.216. The summed E-state index contributed by atoms with van der Waals surface area (Å²) < 4.78 is 6.70. The predicted octanol–water partition coefficient (Wildman–Crippen LogP) is 2.65. The Morgan fingerprint density at radius 2 is 2.00 bits per heavy atom. The van der Waals surface area contributed by atoms with E-state index in [1.807, 2.05) is 32.0 Å². The van der Waals surface area contributed by atoms with Crippen molar-refractivity contribution in [3.8, 4) is 5.88 Å². The van der Waals surface area contributed by atoms with E-state index < -0.39 is 6.03 Å². The van der Waals surface area contributed by atoms with Crippen LogP contribution < -0.4 is 21.4 Å². The summed E-state index contributed by atoms with van der Waals surface area (Å²) in [5, 5.41) is 1.93. The summed E-state index contributed by atoms with van der Waals surface area (Å²) in [6, 6.07) is 6.88. The third-order valence-electron chi connectivity index (χ3n) is 3.50. The molecule has 1 aromatic heterocycles. The van der Waals surface area contributed by atoms with E-state index in [1.165, 1.54) is 7.05 Å². The second kappa shape index (κ2) is 7.61.